The van der Waals surface area contributed by atoms with E-state index in [0.29, 0.717) is 19.6 Å². The first-order valence-electron chi connectivity index (χ1n) is 6.73. The number of nitrogens with zero attached hydrogens (tertiary/aromatic N) is 2. The first kappa shape index (κ1) is 18.8. The molecule has 0 radical (unpaired) electrons. The van der Waals surface area contributed by atoms with Gasteiger partial charge >= 0.3 is 0 Å². The Morgan fingerprint density at radius 1 is 1.43 bits per heavy atom. The second-order valence-corrected chi connectivity index (χ2v) is 6.65. The van der Waals surface area contributed by atoms with Crippen molar-refractivity contribution < 1.29 is 22.9 Å². The molecule has 0 saturated carbocycles. The van der Waals surface area contributed by atoms with Crippen LogP contribution in [0.1, 0.15) is 6.42 Å². The highest BCUT2D eigenvalue weighted by Crippen LogP contribution is 2.22. The predicted octanol–water partition coefficient (Wildman–Crippen LogP) is 0.513. The number of sulfonamides is 1. The molecule has 1 amide bonds. The number of benzene rings is 1. The molecule has 0 bridgehead atoms. The number of anilines is 1. The second-order valence-electron chi connectivity index (χ2n) is 4.74. The standard InChI is InChI=1S/C13H19N3O6S/c1-22-8-4-7-14-13(17)10-15(23(2,20)21)11-5-3-6-12(9-11)16(18)19/h3,5-6,9H,4,7-8,10H2,1-2H3,(H,14,17). The van der Waals surface area contributed by atoms with E-state index in [1.165, 1.54) is 25.3 Å². The third-order valence-corrected chi connectivity index (χ3v) is 4.00. The Morgan fingerprint density at radius 3 is 2.70 bits per heavy atom. The molecule has 0 aromatic heterocycles. The first-order valence-corrected chi connectivity index (χ1v) is 8.58. The molecule has 0 spiro atoms. The van der Waals surface area contributed by atoms with Crippen molar-refractivity contribution in [3.05, 3.63) is 34.4 Å². The van der Waals surface area contributed by atoms with Gasteiger partial charge in [0.15, 0.2) is 0 Å². The van der Waals surface area contributed by atoms with E-state index in [1.54, 1.807) is 0 Å². The number of methoxy groups -OCH3 is 1. The number of hydrogen-bond donors (Lipinski definition) is 1. The number of nitrogens with one attached hydrogen (secondary N) is 1. The van der Waals surface area contributed by atoms with Crippen molar-refractivity contribution >= 4 is 27.3 Å². The zero-order valence-electron chi connectivity index (χ0n) is 12.9. The van der Waals surface area contributed by atoms with Crippen LogP contribution in [0.25, 0.3) is 0 Å². The molecule has 1 rings (SSSR count). The monoisotopic (exact) mass is 345 g/mol. The number of non-ortho nitro benzene ring substituents is 1. The summed E-state index contributed by atoms with van der Waals surface area (Å²) in [5.41, 5.74) is -0.189. The maximum Gasteiger partial charge on any atom is 0.271 e. The van der Waals surface area contributed by atoms with Gasteiger partial charge in [-0.1, -0.05) is 6.07 Å². The van der Waals surface area contributed by atoms with Crippen molar-refractivity contribution in [3.8, 4) is 0 Å². The Balaban J connectivity index is 2.88. The molecule has 9 nitrogen and oxygen atoms in total. The molecule has 0 aliphatic heterocycles. The Bertz CT molecular complexity index is 661. The zero-order chi connectivity index (χ0) is 17.5. The summed E-state index contributed by atoms with van der Waals surface area (Å²) in [6.45, 7) is 0.368. The number of nitro benzene ring substituents is 1. The van der Waals surface area contributed by atoms with Crippen LogP contribution in [-0.4, -0.2) is 52.3 Å². The van der Waals surface area contributed by atoms with Crippen molar-refractivity contribution in [1.29, 1.82) is 0 Å². The molecule has 1 aromatic carbocycles. The van der Waals surface area contributed by atoms with Gasteiger partial charge in [-0.3, -0.25) is 19.2 Å². The van der Waals surface area contributed by atoms with Crippen molar-refractivity contribution in [2.45, 2.75) is 6.42 Å². The molecule has 1 N–H and O–H groups in total. The Labute approximate surface area is 134 Å². The largest absolute Gasteiger partial charge is 0.385 e. The normalized spacial score (nSPS) is 11.0. The van der Waals surface area contributed by atoms with E-state index >= 15 is 0 Å². The van der Waals surface area contributed by atoms with Crippen LogP contribution >= 0.6 is 0 Å². The summed E-state index contributed by atoms with van der Waals surface area (Å²) in [6.07, 6.45) is 1.53. The van der Waals surface area contributed by atoms with E-state index in [9.17, 15) is 23.3 Å². The van der Waals surface area contributed by atoms with Gasteiger partial charge in [-0.15, -0.1) is 0 Å². The number of ether oxygens (including phenoxy) is 1. The number of carbonyl (C=O) groups is 1. The van der Waals surface area contributed by atoms with Gasteiger partial charge in [0.05, 0.1) is 16.9 Å². The predicted molar refractivity (Wildman–Crippen MR) is 84.8 cm³/mol. The Kier molecular flexibility index (Phi) is 6.91. The van der Waals surface area contributed by atoms with E-state index in [4.69, 9.17) is 4.74 Å². The summed E-state index contributed by atoms with van der Waals surface area (Å²) in [5.74, 6) is -0.502. The maximum atomic E-state index is 11.9. The molecule has 128 valence electrons. The second kappa shape index (κ2) is 8.44. The summed E-state index contributed by atoms with van der Waals surface area (Å²) in [7, 11) is -2.23. The van der Waals surface area contributed by atoms with Gasteiger partial charge < -0.3 is 10.1 Å². The molecule has 0 aliphatic carbocycles. The lowest BCUT2D eigenvalue weighted by Gasteiger charge is -2.21. The zero-order valence-corrected chi connectivity index (χ0v) is 13.7. The molecule has 0 atom stereocenters. The summed E-state index contributed by atoms with van der Waals surface area (Å²) >= 11 is 0. The quantitative estimate of drug-likeness (QED) is 0.396. The topological polar surface area (TPSA) is 119 Å². The van der Waals surface area contributed by atoms with Gasteiger partial charge in [-0.25, -0.2) is 8.42 Å². The lowest BCUT2D eigenvalue weighted by atomic mass is 10.3. The summed E-state index contributed by atoms with van der Waals surface area (Å²) in [6, 6.07) is 5.11. The number of carbonyl (C=O) groups excluding carboxylic acids is 1. The molecule has 0 saturated heterocycles. The van der Waals surface area contributed by atoms with E-state index in [-0.39, 0.29) is 11.4 Å². The minimum absolute atomic E-state index is 0.0636. The van der Waals surface area contributed by atoms with E-state index in [0.717, 1.165) is 16.6 Å². The highest BCUT2D eigenvalue weighted by molar-refractivity contribution is 7.92. The van der Waals surface area contributed by atoms with Gasteiger partial charge in [0.25, 0.3) is 5.69 Å². The van der Waals surface area contributed by atoms with Gasteiger partial charge in [-0.05, 0) is 12.5 Å². The SMILES string of the molecule is COCCCNC(=O)CN(c1cccc([N+](=O)[O-])c1)S(C)(=O)=O. The summed E-state index contributed by atoms with van der Waals surface area (Å²) in [5, 5.41) is 13.4. The van der Waals surface area contributed by atoms with Gasteiger partial charge in [-0.2, -0.15) is 0 Å². The van der Waals surface area contributed by atoms with Gasteiger partial charge in [0, 0.05) is 32.4 Å². The third kappa shape index (κ3) is 6.20. The molecule has 23 heavy (non-hydrogen) atoms. The third-order valence-electron chi connectivity index (χ3n) is 2.86. The molecule has 10 heteroatoms. The lowest BCUT2D eigenvalue weighted by molar-refractivity contribution is -0.384. The van der Waals surface area contributed by atoms with Crippen molar-refractivity contribution in [2.24, 2.45) is 0 Å². The maximum absolute atomic E-state index is 11.9. The molecular weight excluding hydrogens is 326 g/mol. The van der Waals surface area contributed by atoms with E-state index in [1.807, 2.05) is 0 Å². The summed E-state index contributed by atoms with van der Waals surface area (Å²) < 4.78 is 29.4. The molecule has 0 fully saturated rings. The fraction of sp³-hybridized carbons (Fsp3) is 0.462. The Hall–Kier alpha value is -2.20. The minimum atomic E-state index is -3.77. The molecule has 0 unspecified atom stereocenters. The van der Waals surface area contributed by atoms with Crippen LogP contribution in [0.15, 0.2) is 24.3 Å². The number of rotatable bonds is 9. The van der Waals surface area contributed by atoms with Gasteiger partial charge in [0.1, 0.15) is 6.54 Å². The Morgan fingerprint density at radius 2 is 2.13 bits per heavy atom. The number of nitro groups is 1. The van der Waals surface area contributed by atoms with Crippen LogP contribution in [-0.2, 0) is 19.6 Å². The highest BCUT2D eigenvalue weighted by Gasteiger charge is 2.22. The number of amides is 1. The summed E-state index contributed by atoms with van der Waals surface area (Å²) in [4.78, 5) is 22.0. The fourth-order valence-electron chi connectivity index (χ4n) is 1.79. The van der Waals surface area contributed by atoms with Crippen molar-refractivity contribution in [3.63, 3.8) is 0 Å². The lowest BCUT2D eigenvalue weighted by Crippen LogP contribution is -2.40. The van der Waals surface area contributed by atoms with Crippen molar-refractivity contribution in [2.75, 3.05) is 37.4 Å². The van der Waals surface area contributed by atoms with Crippen LogP contribution in [0.3, 0.4) is 0 Å². The van der Waals surface area contributed by atoms with Crippen LogP contribution in [0.2, 0.25) is 0 Å². The van der Waals surface area contributed by atoms with E-state index < -0.39 is 27.4 Å². The van der Waals surface area contributed by atoms with Crippen LogP contribution in [0.4, 0.5) is 11.4 Å². The van der Waals surface area contributed by atoms with Gasteiger partial charge in [0.2, 0.25) is 15.9 Å². The minimum Gasteiger partial charge on any atom is -0.385 e. The molecule has 1 aromatic rings. The highest BCUT2D eigenvalue weighted by atomic mass is 32.2. The fourth-order valence-corrected chi connectivity index (χ4v) is 2.64. The average Bonchev–Trinajstić information content (AvgIpc) is 2.48. The van der Waals surface area contributed by atoms with Crippen LogP contribution in [0, 0.1) is 10.1 Å². The van der Waals surface area contributed by atoms with Crippen LogP contribution in [0.5, 0.6) is 0 Å². The first-order chi connectivity index (χ1) is 10.8. The number of hydrogen-bond acceptors (Lipinski definition) is 6. The molecular formula is C13H19N3O6S. The molecule has 0 heterocycles. The van der Waals surface area contributed by atoms with E-state index in [2.05, 4.69) is 5.32 Å². The van der Waals surface area contributed by atoms with Crippen molar-refractivity contribution in [1.82, 2.24) is 5.32 Å². The van der Waals surface area contributed by atoms with Crippen LogP contribution < -0.4 is 9.62 Å². The molecule has 0 aliphatic rings. The smallest absolute Gasteiger partial charge is 0.271 e. The average molecular weight is 345 g/mol.